The molecule has 0 fully saturated rings. The second kappa shape index (κ2) is 2.87. The third-order valence-electron chi connectivity index (χ3n) is 2.38. The molecule has 1 aliphatic heterocycles. The summed E-state index contributed by atoms with van der Waals surface area (Å²) in [5.41, 5.74) is 3.48. The van der Waals surface area contributed by atoms with Crippen LogP contribution in [-0.4, -0.2) is 4.98 Å². The van der Waals surface area contributed by atoms with Gasteiger partial charge >= 0.3 is 0 Å². The van der Waals surface area contributed by atoms with Crippen LogP contribution < -0.4 is 4.74 Å². The fourth-order valence-corrected chi connectivity index (χ4v) is 1.43. The Morgan fingerprint density at radius 3 is 2.77 bits per heavy atom. The Balaban J connectivity index is 2.44. The van der Waals surface area contributed by atoms with E-state index in [9.17, 15) is 0 Å². The van der Waals surface area contributed by atoms with E-state index in [1.807, 2.05) is 19.9 Å². The first-order valence-corrected chi connectivity index (χ1v) is 4.47. The topological polar surface area (TPSA) is 22.1 Å². The number of aryl methyl sites for hydroxylation is 1. The van der Waals surface area contributed by atoms with Crippen LogP contribution in [0.25, 0.3) is 0 Å². The van der Waals surface area contributed by atoms with Crippen molar-refractivity contribution in [3.8, 4) is 5.88 Å². The maximum atomic E-state index is 5.59. The molecule has 0 N–H and O–H groups in total. The second-order valence-corrected chi connectivity index (χ2v) is 3.53. The lowest BCUT2D eigenvalue weighted by molar-refractivity contribution is 0.386. The minimum absolute atomic E-state index is 0.781. The van der Waals surface area contributed by atoms with Crippen LogP contribution in [-0.2, 0) is 6.42 Å². The zero-order valence-electron chi connectivity index (χ0n) is 8.22. The molecule has 0 aromatic carbocycles. The van der Waals surface area contributed by atoms with E-state index in [2.05, 4.69) is 18.0 Å². The van der Waals surface area contributed by atoms with E-state index in [-0.39, 0.29) is 0 Å². The molecule has 0 atom stereocenters. The summed E-state index contributed by atoms with van der Waals surface area (Å²) in [5, 5.41) is 0. The summed E-state index contributed by atoms with van der Waals surface area (Å²) in [6.45, 7) is 6.06. The summed E-state index contributed by atoms with van der Waals surface area (Å²) in [4.78, 5) is 4.34. The Hall–Kier alpha value is -1.31. The SMILES string of the molecule is CC1=C(C)Oc2nc(C)ccc2C1. The van der Waals surface area contributed by atoms with Gasteiger partial charge in [0.1, 0.15) is 5.76 Å². The summed E-state index contributed by atoms with van der Waals surface area (Å²) in [6.07, 6.45) is 0.967. The molecule has 0 unspecified atom stereocenters. The number of hydrogen-bond acceptors (Lipinski definition) is 2. The highest BCUT2D eigenvalue weighted by Gasteiger charge is 2.14. The number of fused-ring (bicyclic) bond motifs is 1. The van der Waals surface area contributed by atoms with Crippen LogP contribution in [0.5, 0.6) is 5.88 Å². The summed E-state index contributed by atoms with van der Waals surface area (Å²) in [7, 11) is 0. The van der Waals surface area contributed by atoms with Crippen molar-refractivity contribution in [3.63, 3.8) is 0 Å². The average Bonchev–Trinajstić information content (AvgIpc) is 2.08. The standard InChI is InChI=1S/C11H13NO/c1-7-6-10-5-4-8(2)12-11(10)13-9(7)3/h4-5H,6H2,1-3H3. The van der Waals surface area contributed by atoms with Gasteiger partial charge in [-0.1, -0.05) is 6.07 Å². The third kappa shape index (κ3) is 1.44. The fraction of sp³-hybridized carbons (Fsp3) is 0.364. The minimum Gasteiger partial charge on any atom is -0.443 e. The molecule has 0 spiro atoms. The predicted molar refractivity (Wildman–Crippen MR) is 51.7 cm³/mol. The molecule has 0 saturated carbocycles. The van der Waals surface area contributed by atoms with Crippen molar-refractivity contribution in [2.75, 3.05) is 0 Å². The molecule has 1 aromatic heterocycles. The summed E-state index contributed by atoms with van der Waals surface area (Å²) < 4.78 is 5.59. The van der Waals surface area contributed by atoms with E-state index >= 15 is 0 Å². The molecule has 0 radical (unpaired) electrons. The molecule has 2 rings (SSSR count). The monoisotopic (exact) mass is 175 g/mol. The zero-order chi connectivity index (χ0) is 9.42. The van der Waals surface area contributed by atoms with Crippen LogP contribution in [0.4, 0.5) is 0 Å². The molecule has 0 aliphatic carbocycles. The molecule has 68 valence electrons. The number of aromatic nitrogens is 1. The van der Waals surface area contributed by atoms with Crippen LogP contribution in [0.1, 0.15) is 25.1 Å². The maximum Gasteiger partial charge on any atom is 0.222 e. The largest absolute Gasteiger partial charge is 0.443 e. The van der Waals surface area contributed by atoms with Crippen molar-refractivity contribution in [1.82, 2.24) is 4.98 Å². The molecule has 0 amide bonds. The number of allylic oxidation sites excluding steroid dienone is 2. The highest BCUT2D eigenvalue weighted by atomic mass is 16.5. The van der Waals surface area contributed by atoms with Gasteiger partial charge in [-0.05, 0) is 32.4 Å². The number of nitrogens with zero attached hydrogens (tertiary/aromatic N) is 1. The van der Waals surface area contributed by atoms with Crippen LogP contribution >= 0.6 is 0 Å². The van der Waals surface area contributed by atoms with E-state index in [0.717, 1.165) is 23.8 Å². The maximum absolute atomic E-state index is 5.59. The highest BCUT2D eigenvalue weighted by Crippen LogP contribution is 2.27. The third-order valence-corrected chi connectivity index (χ3v) is 2.38. The van der Waals surface area contributed by atoms with Crippen LogP contribution in [0.2, 0.25) is 0 Å². The Morgan fingerprint density at radius 1 is 1.23 bits per heavy atom. The van der Waals surface area contributed by atoms with Gasteiger partial charge in [0, 0.05) is 17.7 Å². The molecule has 2 heterocycles. The second-order valence-electron chi connectivity index (χ2n) is 3.53. The summed E-state index contributed by atoms with van der Waals surface area (Å²) >= 11 is 0. The van der Waals surface area contributed by atoms with Crippen molar-refractivity contribution in [1.29, 1.82) is 0 Å². The van der Waals surface area contributed by atoms with Gasteiger partial charge in [0.15, 0.2) is 0 Å². The first kappa shape index (κ1) is 8.30. The van der Waals surface area contributed by atoms with Gasteiger partial charge in [-0.3, -0.25) is 0 Å². The van der Waals surface area contributed by atoms with Crippen molar-refractivity contribution >= 4 is 0 Å². The molecule has 1 aromatic rings. The molecule has 0 saturated heterocycles. The average molecular weight is 175 g/mol. The van der Waals surface area contributed by atoms with E-state index in [0.29, 0.717) is 0 Å². The Labute approximate surface area is 78.3 Å². The molecular formula is C11H13NO. The molecule has 2 nitrogen and oxygen atoms in total. The predicted octanol–water partition coefficient (Wildman–Crippen LogP) is 2.62. The Morgan fingerprint density at radius 2 is 2.00 bits per heavy atom. The summed E-state index contributed by atoms with van der Waals surface area (Å²) in [6, 6.07) is 4.11. The van der Waals surface area contributed by atoms with Gasteiger partial charge in [-0.2, -0.15) is 0 Å². The van der Waals surface area contributed by atoms with Crippen LogP contribution in [0.3, 0.4) is 0 Å². The normalized spacial score (nSPS) is 15.3. The molecule has 2 heteroatoms. The number of rotatable bonds is 0. The van der Waals surface area contributed by atoms with E-state index in [4.69, 9.17) is 4.74 Å². The number of pyridine rings is 1. The highest BCUT2D eigenvalue weighted by molar-refractivity contribution is 5.36. The van der Waals surface area contributed by atoms with Crippen LogP contribution in [0, 0.1) is 6.92 Å². The molecule has 1 aliphatic rings. The van der Waals surface area contributed by atoms with Gasteiger partial charge in [-0.25, -0.2) is 4.98 Å². The lowest BCUT2D eigenvalue weighted by Gasteiger charge is -2.18. The van der Waals surface area contributed by atoms with E-state index < -0.39 is 0 Å². The van der Waals surface area contributed by atoms with Crippen molar-refractivity contribution < 1.29 is 4.74 Å². The lowest BCUT2D eigenvalue weighted by atomic mass is 10.0. The van der Waals surface area contributed by atoms with E-state index in [1.165, 1.54) is 11.1 Å². The zero-order valence-corrected chi connectivity index (χ0v) is 8.22. The molecule has 13 heavy (non-hydrogen) atoms. The first-order valence-electron chi connectivity index (χ1n) is 4.47. The van der Waals surface area contributed by atoms with Gasteiger partial charge in [0.25, 0.3) is 0 Å². The van der Waals surface area contributed by atoms with Crippen molar-refractivity contribution in [2.45, 2.75) is 27.2 Å². The molecule has 0 bridgehead atoms. The number of ether oxygens (including phenoxy) is 1. The van der Waals surface area contributed by atoms with Gasteiger partial charge in [0.2, 0.25) is 5.88 Å². The van der Waals surface area contributed by atoms with Gasteiger partial charge in [-0.15, -0.1) is 0 Å². The quantitative estimate of drug-likeness (QED) is 0.604. The summed E-state index contributed by atoms with van der Waals surface area (Å²) in [5.74, 6) is 1.77. The Kier molecular flexibility index (Phi) is 1.83. The van der Waals surface area contributed by atoms with Crippen molar-refractivity contribution in [3.05, 3.63) is 34.7 Å². The van der Waals surface area contributed by atoms with Gasteiger partial charge in [0.05, 0.1) is 0 Å². The van der Waals surface area contributed by atoms with Gasteiger partial charge < -0.3 is 4.74 Å². The Bertz CT molecular complexity index is 380. The lowest BCUT2D eigenvalue weighted by Crippen LogP contribution is -2.08. The first-order chi connectivity index (χ1) is 6.16. The van der Waals surface area contributed by atoms with Crippen LogP contribution in [0.15, 0.2) is 23.5 Å². The minimum atomic E-state index is 0.781. The van der Waals surface area contributed by atoms with E-state index in [1.54, 1.807) is 0 Å². The van der Waals surface area contributed by atoms with Crippen molar-refractivity contribution in [2.24, 2.45) is 0 Å². The molecular weight excluding hydrogens is 162 g/mol. The fourth-order valence-electron chi connectivity index (χ4n) is 1.43. The smallest absolute Gasteiger partial charge is 0.222 e. The number of hydrogen-bond donors (Lipinski definition) is 0.